The van der Waals surface area contributed by atoms with Gasteiger partial charge in [-0.3, -0.25) is 9.89 Å². The van der Waals surface area contributed by atoms with Crippen LogP contribution in [0.15, 0.2) is 33.9 Å². The van der Waals surface area contributed by atoms with E-state index in [1.165, 1.54) is 29.4 Å². The Labute approximate surface area is 156 Å². The highest BCUT2D eigenvalue weighted by molar-refractivity contribution is 8.00. The number of amides is 1. The molecular formula is C19H22N4O2S. The summed E-state index contributed by atoms with van der Waals surface area (Å²) in [5, 5.41) is 7.83. The minimum atomic E-state index is -0.222. The molecule has 7 heteroatoms. The number of carbonyl (C=O) groups is 1. The Morgan fingerprint density at radius 3 is 3.04 bits per heavy atom. The van der Waals surface area contributed by atoms with Gasteiger partial charge in [0, 0.05) is 12.7 Å². The molecule has 0 spiro atoms. The summed E-state index contributed by atoms with van der Waals surface area (Å²) in [6, 6.07) is 7.65. The number of carbonyl (C=O) groups excluding carboxylic acids is 1. The number of hydrogen-bond donors (Lipinski definition) is 1. The zero-order valence-electron chi connectivity index (χ0n) is 15.0. The largest absolute Gasteiger partial charge is 0.431 e. The Balaban J connectivity index is 1.45. The predicted molar refractivity (Wildman–Crippen MR) is 101 cm³/mol. The number of nitrogens with zero attached hydrogens (tertiary/aromatic N) is 3. The molecule has 6 nitrogen and oxygen atoms in total. The summed E-state index contributed by atoms with van der Waals surface area (Å²) in [5.74, 6) is 0.0782. The molecule has 2 heterocycles. The number of para-hydroxylation sites is 2. The quantitative estimate of drug-likeness (QED) is 0.672. The Kier molecular flexibility index (Phi) is 4.72. The lowest BCUT2D eigenvalue weighted by atomic mass is 10.2. The molecule has 2 aromatic heterocycles. The third-order valence-corrected chi connectivity index (χ3v) is 6.01. The van der Waals surface area contributed by atoms with Crippen LogP contribution in [0.25, 0.3) is 11.1 Å². The summed E-state index contributed by atoms with van der Waals surface area (Å²) in [4.78, 5) is 19.2. The van der Waals surface area contributed by atoms with Gasteiger partial charge < -0.3 is 9.32 Å². The molecule has 3 aromatic rings. The van der Waals surface area contributed by atoms with Crippen molar-refractivity contribution in [2.24, 2.45) is 0 Å². The zero-order valence-corrected chi connectivity index (χ0v) is 15.8. The van der Waals surface area contributed by atoms with Crippen molar-refractivity contribution in [3.8, 4) is 0 Å². The Bertz CT molecular complexity index is 900. The van der Waals surface area contributed by atoms with Crippen LogP contribution in [0, 0.1) is 0 Å². The highest BCUT2D eigenvalue weighted by Crippen LogP contribution is 2.30. The van der Waals surface area contributed by atoms with Gasteiger partial charge in [-0.05, 0) is 43.4 Å². The van der Waals surface area contributed by atoms with E-state index in [1.807, 2.05) is 38.2 Å². The van der Waals surface area contributed by atoms with Crippen molar-refractivity contribution in [2.75, 3.05) is 7.05 Å². The molecule has 0 bridgehead atoms. The fraction of sp³-hybridized carbons (Fsp3) is 0.421. The molecule has 0 fully saturated rings. The van der Waals surface area contributed by atoms with E-state index in [0.29, 0.717) is 18.2 Å². The molecule has 1 aliphatic rings. The lowest BCUT2D eigenvalue weighted by Crippen LogP contribution is -2.34. The van der Waals surface area contributed by atoms with Crippen LogP contribution < -0.4 is 0 Å². The molecule has 0 aliphatic heterocycles. The third-order valence-electron chi connectivity index (χ3n) is 4.82. The number of aromatic nitrogens is 3. The predicted octanol–water partition coefficient (Wildman–Crippen LogP) is 3.57. The van der Waals surface area contributed by atoms with Gasteiger partial charge in [0.1, 0.15) is 5.52 Å². The Morgan fingerprint density at radius 2 is 2.23 bits per heavy atom. The summed E-state index contributed by atoms with van der Waals surface area (Å²) < 4.78 is 5.76. The SMILES string of the molecule is CCC(Sc1nc2ccccc2o1)C(=O)N(C)Cc1n[nH]c2c1CCC2. The Morgan fingerprint density at radius 1 is 1.38 bits per heavy atom. The average Bonchev–Trinajstić information content (AvgIpc) is 3.35. The summed E-state index contributed by atoms with van der Waals surface area (Å²) in [6.45, 7) is 2.55. The van der Waals surface area contributed by atoms with Crippen LogP contribution in [0.1, 0.15) is 36.7 Å². The van der Waals surface area contributed by atoms with Gasteiger partial charge in [0.15, 0.2) is 5.58 Å². The number of rotatable bonds is 6. The van der Waals surface area contributed by atoms with Crippen molar-refractivity contribution >= 4 is 28.8 Å². The molecule has 0 saturated heterocycles. The van der Waals surface area contributed by atoms with Crippen LogP contribution in [0.3, 0.4) is 0 Å². The van der Waals surface area contributed by atoms with Crippen molar-refractivity contribution in [1.82, 2.24) is 20.1 Å². The van der Waals surface area contributed by atoms with Crippen molar-refractivity contribution in [3.63, 3.8) is 0 Å². The average molecular weight is 370 g/mol. The van der Waals surface area contributed by atoms with Gasteiger partial charge >= 0.3 is 0 Å². The highest BCUT2D eigenvalue weighted by Gasteiger charge is 2.26. The molecule has 1 aliphatic carbocycles. The topological polar surface area (TPSA) is 75.0 Å². The normalized spacial score (nSPS) is 14.5. The lowest BCUT2D eigenvalue weighted by Gasteiger charge is -2.21. The van der Waals surface area contributed by atoms with Crippen molar-refractivity contribution < 1.29 is 9.21 Å². The summed E-state index contributed by atoms with van der Waals surface area (Å²) >= 11 is 1.39. The molecule has 26 heavy (non-hydrogen) atoms. The van der Waals surface area contributed by atoms with Crippen LogP contribution in [-0.4, -0.2) is 38.3 Å². The number of aryl methyl sites for hydroxylation is 1. The van der Waals surface area contributed by atoms with Crippen molar-refractivity contribution in [2.45, 2.75) is 49.6 Å². The number of thioether (sulfide) groups is 1. The first-order valence-electron chi connectivity index (χ1n) is 8.98. The van der Waals surface area contributed by atoms with Gasteiger partial charge in [-0.25, -0.2) is 4.98 Å². The molecule has 1 atom stereocenters. The number of hydrogen-bond acceptors (Lipinski definition) is 5. The smallest absolute Gasteiger partial charge is 0.257 e. The molecule has 4 rings (SSSR count). The molecule has 0 saturated carbocycles. The van der Waals surface area contributed by atoms with E-state index in [-0.39, 0.29) is 11.2 Å². The van der Waals surface area contributed by atoms with Crippen molar-refractivity contribution in [3.05, 3.63) is 41.2 Å². The number of aromatic amines is 1. The molecular weight excluding hydrogens is 348 g/mol. The molecule has 1 amide bonds. The second-order valence-electron chi connectivity index (χ2n) is 6.64. The number of oxazole rings is 1. The summed E-state index contributed by atoms with van der Waals surface area (Å²) in [6.07, 6.45) is 3.99. The van der Waals surface area contributed by atoms with E-state index in [4.69, 9.17) is 4.42 Å². The fourth-order valence-electron chi connectivity index (χ4n) is 3.40. The maximum atomic E-state index is 12.9. The lowest BCUT2D eigenvalue weighted by molar-refractivity contribution is -0.129. The monoisotopic (exact) mass is 370 g/mol. The number of fused-ring (bicyclic) bond motifs is 2. The van der Waals surface area contributed by atoms with Crippen LogP contribution in [0.4, 0.5) is 0 Å². The molecule has 1 aromatic carbocycles. The highest BCUT2D eigenvalue weighted by atomic mass is 32.2. The van der Waals surface area contributed by atoms with E-state index in [9.17, 15) is 4.79 Å². The van der Waals surface area contributed by atoms with Gasteiger partial charge in [0.05, 0.1) is 17.5 Å². The van der Waals surface area contributed by atoms with E-state index in [2.05, 4.69) is 15.2 Å². The van der Waals surface area contributed by atoms with E-state index in [0.717, 1.165) is 29.6 Å². The number of H-pyrrole nitrogens is 1. The maximum absolute atomic E-state index is 12.9. The van der Waals surface area contributed by atoms with E-state index < -0.39 is 0 Å². The second-order valence-corrected chi connectivity index (χ2v) is 7.79. The second kappa shape index (κ2) is 7.15. The molecule has 136 valence electrons. The first kappa shape index (κ1) is 17.1. The first-order valence-corrected chi connectivity index (χ1v) is 9.86. The van der Waals surface area contributed by atoms with Crippen LogP contribution in [-0.2, 0) is 24.2 Å². The van der Waals surface area contributed by atoms with Gasteiger partial charge in [-0.1, -0.05) is 30.8 Å². The van der Waals surface area contributed by atoms with Gasteiger partial charge in [0.25, 0.3) is 5.22 Å². The van der Waals surface area contributed by atoms with Crippen molar-refractivity contribution in [1.29, 1.82) is 0 Å². The maximum Gasteiger partial charge on any atom is 0.257 e. The number of benzene rings is 1. The number of nitrogens with one attached hydrogen (secondary N) is 1. The van der Waals surface area contributed by atoms with Gasteiger partial charge in [0.2, 0.25) is 5.91 Å². The molecule has 0 radical (unpaired) electrons. The summed E-state index contributed by atoms with van der Waals surface area (Å²) in [7, 11) is 1.84. The fourth-order valence-corrected chi connectivity index (χ4v) is 4.38. The standard InChI is InChI=1S/C19H22N4O2S/c1-3-17(26-19-20-14-8-4-5-10-16(14)25-19)18(24)23(2)11-15-12-7-6-9-13(12)21-22-15/h4-5,8,10,17H,3,6-7,9,11H2,1-2H3,(H,21,22). The van der Waals surface area contributed by atoms with E-state index in [1.54, 1.807) is 4.90 Å². The van der Waals surface area contributed by atoms with Gasteiger partial charge in [-0.15, -0.1) is 0 Å². The van der Waals surface area contributed by atoms with Crippen LogP contribution >= 0.6 is 11.8 Å². The molecule has 1 N–H and O–H groups in total. The minimum Gasteiger partial charge on any atom is -0.431 e. The first-order chi connectivity index (χ1) is 12.7. The molecule has 1 unspecified atom stereocenters. The van der Waals surface area contributed by atoms with Crippen LogP contribution in [0.2, 0.25) is 0 Å². The van der Waals surface area contributed by atoms with Gasteiger partial charge in [-0.2, -0.15) is 5.10 Å². The Hall–Kier alpha value is -2.28. The minimum absolute atomic E-state index is 0.0782. The van der Waals surface area contributed by atoms with E-state index >= 15 is 0 Å². The zero-order chi connectivity index (χ0) is 18.1. The van der Waals surface area contributed by atoms with Crippen LogP contribution in [0.5, 0.6) is 0 Å². The third kappa shape index (κ3) is 3.23. The summed E-state index contributed by atoms with van der Waals surface area (Å²) in [5.41, 5.74) is 5.09.